The molecule has 3 heterocycles. The van der Waals surface area contributed by atoms with Crippen LogP contribution in [0.25, 0.3) is 11.0 Å². The van der Waals surface area contributed by atoms with Crippen molar-refractivity contribution >= 4 is 34.1 Å². The highest BCUT2D eigenvalue weighted by Gasteiger charge is 2.44. The second-order valence-corrected chi connectivity index (χ2v) is 8.12. The van der Waals surface area contributed by atoms with E-state index in [2.05, 4.69) is 49.6 Å². The third-order valence-corrected chi connectivity index (χ3v) is 5.89. The molecule has 8 heteroatoms. The molecular formula is C20H28N7O+. The summed E-state index contributed by atoms with van der Waals surface area (Å²) in [7, 11) is 2.05. The fraction of sp³-hybridized carbons (Fsp3) is 0.500. The molecule has 8 nitrogen and oxygen atoms in total. The Kier molecular flexibility index (Phi) is 3.72. The van der Waals surface area contributed by atoms with Crippen LogP contribution in [0.1, 0.15) is 43.1 Å². The van der Waals surface area contributed by atoms with E-state index in [9.17, 15) is 4.79 Å². The van der Waals surface area contributed by atoms with Crippen LogP contribution < -0.4 is 26.3 Å². The first-order valence-corrected chi connectivity index (χ1v) is 10.1. The van der Waals surface area contributed by atoms with Gasteiger partial charge in [0.2, 0.25) is 5.65 Å². The van der Waals surface area contributed by atoms with Crippen LogP contribution in [0.3, 0.4) is 0 Å². The Labute approximate surface area is 164 Å². The molecule has 2 fully saturated rings. The average Bonchev–Trinajstić information content (AvgIpc) is 3.58. The van der Waals surface area contributed by atoms with Crippen molar-refractivity contribution in [3.8, 4) is 0 Å². The maximum absolute atomic E-state index is 13.5. The smallest absolute Gasteiger partial charge is 0.286 e. The van der Waals surface area contributed by atoms with Crippen molar-refractivity contribution in [3.05, 3.63) is 24.2 Å². The Bertz CT molecular complexity index is 974. The summed E-state index contributed by atoms with van der Waals surface area (Å²) in [5.74, 6) is 1.30. The van der Waals surface area contributed by atoms with E-state index in [0.717, 1.165) is 59.6 Å². The number of nitrogens with two attached hydrogens (primary N) is 1. The van der Waals surface area contributed by atoms with E-state index in [1.807, 2.05) is 7.05 Å². The minimum absolute atomic E-state index is 0.163. The van der Waals surface area contributed by atoms with E-state index in [1.54, 1.807) is 0 Å². The standard InChI is InChI=1S/C20H27N7O/c1-4-26-15(20(28)27(12-5-6-12)13-7-8-13)9-14-17-16(22-10-25(17)3)18(23-11(2)21)24-19(14)26/h9,12-13,22H,2,4-8,10,21H2,1,3H3,(H,23,24)/p+1. The lowest BCUT2D eigenvalue weighted by atomic mass is 10.2. The van der Waals surface area contributed by atoms with Gasteiger partial charge in [0.25, 0.3) is 11.7 Å². The van der Waals surface area contributed by atoms with Crippen molar-refractivity contribution in [2.45, 2.75) is 51.2 Å². The fourth-order valence-corrected chi connectivity index (χ4v) is 4.37. The first-order chi connectivity index (χ1) is 13.5. The number of aromatic nitrogens is 2. The van der Waals surface area contributed by atoms with E-state index in [1.165, 1.54) is 0 Å². The van der Waals surface area contributed by atoms with Gasteiger partial charge in [-0.2, -0.15) is 0 Å². The van der Waals surface area contributed by atoms with Crippen LogP contribution in [0.2, 0.25) is 0 Å². The van der Waals surface area contributed by atoms with Crippen LogP contribution >= 0.6 is 0 Å². The second kappa shape index (κ2) is 6.05. The molecule has 2 aliphatic carbocycles. The molecule has 2 aromatic rings. The molecule has 2 saturated carbocycles. The largest absolute Gasteiger partial charge is 0.373 e. The molecule has 0 aromatic carbocycles. The molecule has 0 unspecified atom stereocenters. The summed E-state index contributed by atoms with van der Waals surface area (Å²) in [6.07, 6.45) is 4.54. The lowest BCUT2D eigenvalue weighted by molar-refractivity contribution is -0.331. The number of H-pyrrole nitrogens is 1. The molecule has 148 valence electrons. The summed E-state index contributed by atoms with van der Waals surface area (Å²) < 4.78 is 2.09. The van der Waals surface area contributed by atoms with Gasteiger partial charge >= 0.3 is 0 Å². The van der Waals surface area contributed by atoms with Gasteiger partial charge in [0, 0.05) is 19.1 Å². The molecule has 5 rings (SSSR count). The molecule has 2 aromatic heterocycles. The first kappa shape index (κ1) is 17.2. The topological polar surface area (TPSA) is 92.7 Å². The van der Waals surface area contributed by atoms with Crippen LogP contribution in [-0.2, 0) is 6.54 Å². The van der Waals surface area contributed by atoms with E-state index < -0.39 is 0 Å². The molecule has 1 amide bonds. The lowest BCUT2D eigenvalue weighted by Gasteiger charge is -2.21. The van der Waals surface area contributed by atoms with E-state index >= 15 is 0 Å². The molecule has 0 atom stereocenters. The van der Waals surface area contributed by atoms with E-state index in [0.29, 0.717) is 31.1 Å². The molecule has 0 bridgehead atoms. The van der Waals surface area contributed by atoms with Gasteiger partial charge in [-0.05, 0) is 45.3 Å². The summed E-state index contributed by atoms with van der Waals surface area (Å²) in [4.78, 5) is 21.3. The first-order valence-electron chi connectivity index (χ1n) is 10.1. The maximum Gasteiger partial charge on any atom is 0.286 e. The molecule has 0 saturated heterocycles. The highest BCUT2D eigenvalue weighted by Crippen LogP contribution is 2.42. The number of rotatable bonds is 6. The van der Waals surface area contributed by atoms with E-state index in [4.69, 9.17) is 5.73 Å². The number of carbonyl (C=O) groups is 1. The van der Waals surface area contributed by atoms with Crippen LogP contribution in [0.4, 0.5) is 17.2 Å². The van der Waals surface area contributed by atoms with E-state index in [-0.39, 0.29) is 5.91 Å². The summed E-state index contributed by atoms with van der Waals surface area (Å²) in [5.41, 5.74) is 9.52. The Morgan fingerprint density at radius 1 is 1.39 bits per heavy atom. The van der Waals surface area contributed by atoms with Gasteiger partial charge in [-0.25, -0.2) is 4.98 Å². The number of pyridine rings is 1. The van der Waals surface area contributed by atoms with Gasteiger partial charge in [0.15, 0.2) is 11.5 Å². The molecule has 0 radical (unpaired) electrons. The second-order valence-electron chi connectivity index (χ2n) is 8.12. The average molecular weight is 382 g/mol. The zero-order chi connectivity index (χ0) is 19.6. The number of hydrogen-bond acceptors (Lipinski definition) is 5. The van der Waals surface area contributed by atoms with Crippen LogP contribution in [0, 0.1) is 0 Å². The SMILES string of the molecule is C=C(N)Nc1[nH+]c2c(cc(C(=O)N(C3CC3)C3CC3)n2CC)c2c1NCN2C. The van der Waals surface area contributed by atoms with Crippen molar-refractivity contribution in [2.24, 2.45) is 5.73 Å². The summed E-state index contributed by atoms with van der Waals surface area (Å²) in [6.45, 7) is 7.25. The van der Waals surface area contributed by atoms with Crippen LogP contribution in [0.15, 0.2) is 18.5 Å². The highest BCUT2D eigenvalue weighted by molar-refractivity contribution is 6.06. The zero-order valence-corrected chi connectivity index (χ0v) is 16.5. The van der Waals surface area contributed by atoms with Gasteiger partial charge in [0.05, 0.1) is 24.3 Å². The lowest BCUT2D eigenvalue weighted by Crippen LogP contribution is -2.36. The molecule has 5 N–H and O–H groups in total. The van der Waals surface area contributed by atoms with Crippen molar-refractivity contribution in [1.82, 2.24) is 9.47 Å². The third-order valence-electron chi connectivity index (χ3n) is 5.89. The maximum atomic E-state index is 13.5. The zero-order valence-electron chi connectivity index (χ0n) is 16.5. The summed E-state index contributed by atoms with van der Waals surface area (Å²) >= 11 is 0. The predicted octanol–water partition coefficient (Wildman–Crippen LogP) is 1.90. The summed E-state index contributed by atoms with van der Waals surface area (Å²) in [5, 5.41) is 7.57. The summed E-state index contributed by atoms with van der Waals surface area (Å²) in [6, 6.07) is 2.92. The number of fused-ring (bicyclic) bond motifs is 3. The quantitative estimate of drug-likeness (QED) is 0.710. The number of hydrogen-bond donors (Lipinski definition) is 3. The minimum atomic E-state index is 0.163. The molecule has 1 aliphatic heterocycles. The fourth-order valence-electron chi connectivity index (χ4n) is 4.37. The normalized spacial score (nSPS) is 18.1. The van der Waals surface area contributed by atoms with Gasteiger partial charge in [-0.3, -0.25) is 14.7 Å². The number of nitrogens with zero attached hydrogens (tertiary/aromatic N) is 3. The van der Waals surface area contributed by atoms with Crippen molar-refractivity contribution in [3.63, 3.8) is 0 Å². The third kappa shape index (κ3) is 2.58. The monoisotopic (exact) mass is 382 g/mol. The van der Waals surface area contributed by atoms with Gasteiger partial charge < -0.3 is 20.9 Å². The predicted molar refractivity (Wildman–Crippen MR) is 110 cm³/mol. The number of aromatic amines is 1. The number of anilines is 3. The Hall–Kier alpha value is -2.90. The van der Waals surface area contributed by atoms with Crippen molar-refractivity contribution in [2.75, 3.05) is 29.2 Å². The van der Waals surface area contributed by atoms with Crippen LogP contribution in [0.5, 0.6) is 0 Å². The minimum Gasteiger partial charge on any atom is -0.373 e. The van der Waals surface area contributed by atoms with Crippen molar-refractivity contribution in [1.29, 1.82) is 0 Å². The number of carbonyl (C=O) groups excluding carboxylic acids is 1. The Balaban J connectivity index is 1.68. The highest BCUT2D eigenvalue weighted by atomic mass is 16.2. The van der Waals surface area contributed by atoms with Crippen molar-refractivity contribution < 1.29 is 9.78 Å². The molecule has 0 spiro atoms. The van der Waals surface area contributed by atoms with Gasteiger partial charge in [-0.1, -0.05) is 0 Å². The van der Waals surface area contributed by atoms with Gasteiger partial charge in [-0.15, -0.1) is 0 Å². The Morgan fingerprint density at radius 3 is 2.64 bits per heavy atom. The number of amides is 1. The molecule has 28 heavy (non-hydrogen) atoms. The molecule has 3 aliphatic rings. The Morgan fingerprint density at radius 2 is 2.07 bits per heavy atom. The number of nitrogens with one attached hydrogen (secondary N) is 3. The van der Waals surface area contributed by atoms with Crippen LogP contribution in [-0.4, -0.2) is 41.2 Å². The van der Waals surface area contributed by atoms with Gasteiger partial charge in [0.1, 0.15) is 5.69 Å². The molecular weight excluding hydrogens is 354 g/mol. The number of aryl methyl sites for hydroxylation is 1.